The summed E-state index contributed by atoms with van der Waals surface area (Å²) in [4.78, 5) is 12.1. The minimum atomic E-state index is -0.375. The van der Waals surface area contributed by atoms with E-state index in [1.807, 2.05) is 24.4 Å². The number of aromatic nitrogens is 2. The number of benzene rings is 2. The molecule has 1 aromatic heterocycles. The SMILES string of the molecule is O=C(Cc1ccccc1F)Nc1cccc(-c2n[nH]cc2CBr)c1. The van der Waals surface area contributed by atoms with Crippen molar-refractivity contribution in [2.24, 2.45) is 0 Å². The monoisotopic (exact) mass is 387 g/mol. The van der Waals surface area contributed by atoms with Gasteiger partial charge in [-0.1, -0.05) is 46.3 Å². The number of H-pyrrole nitrogens is 1. The van der Waals surface area contributed by atoms with Crippen molar-refractivity contribution in [3.8, 4) is 11.3 Å². The van der Waals surface area contributed by atoms with Crippen molar-refractivity contribution in [2.45, 2.75) is 11.8 Å². The molecule has 0 fully saturated rings. The largest absolute Gasteiger partial charge is 0.326 e. The maximum atomic E-state index is 13.6. The third-order valence-corrected chi connectivity index (χ3v) is 4.20. The van der Waals surface area contributed by atoms with Gasteiger partial charge in [-0.2, -0.15) is 5.10 Å². The Labute approximate surface area is 147 Å². The molecule has 3 rings (SSSR count). The Balaban J connectivity index is 1.75. The number of anilines is 1. The van der Waals surface area contributed by atoms with Crippen molar-refractivity contribution >= 4 is 27.5 Å². The van der Waals surface area contributed by atoms with Crippen LogP contribution in [0.15, 0.2) is 54.7 Å². The van der Waals surface area contributed by atoms with Gasteiger partial charge in [0, 0.05) is 28.3 Å². The average Bonchev–Trinajstić information content (AvgIpc) is 3.06. The molecule has 0 saturated heterocycles. The van der Waals surface area contributed by atoms with E-state index in [2.05, 4.69) is 31.4 Å². The lowest BCUT2D eigenvalue weighted by Crippen LogP contribution is -2.15. The van der Waals surface area contributed by atoms with Crippen LogP contribution in [0.2, 0.25) is 0 Å². The van der Waals surface area contributed by atoms with Crippen molar-refractivity contribution < 1.29 is 9.18 Å². The van der Waals surface area contributed by atoms with Crippen LogP contribution in [0.3, 0.4) is 0 Å². The summed E-state index contributed by atoms with van der Waals surface area (Å²) >= 11 is 3.42. The maximum Gasteiger partial charge on any atom is 0.228 e. The summed E-state index contributed by atoms with van der Waals surface area (Å²) in [5.41, 5.74) is 3.79. The number of hydrogen-bond acceptors (Lipinski definition) is 2. The standard InChI is InChI=1S/C18H15BrFN3O/c19-10-14-11-21-23-18(14)13-5-3-6-15(8-13)22-17(24)9-12-4-1-2-7-16(12)20/h1-8,11H,9-10H2,(H,21,23)(H,22,24). The molecular formula is C18H15BrFN3O. The van der Waals surface area contributed by atoms with Gasteiger partial charge in [-0.15, -0.1) is 0 Å². The highest BCUT2D eigenvalue weighted by molar-refractivity contribution is 9.08. The van der Waals surface area contributed by atoms with Crippen LogP contribution in [0.25, 0.3) is 11.3 Å². The normalized spacial score (nSPS) is 10.6. The Morgan fingerprint density at radius 2 is 2.00 bits per heavy atom. The average molecular weight is 388 g/mol. The van der Waals surface area contributed by atoms with E-state index in [0.717, 1.165) is 16.8 Å². The van der Waals surface area contributed by atoms with Crippen LogP contribution in [0.4, 0.5) is 10.1 Å². The maximum absolute atomic E-state index is 13.6. The van der Waals surface area contributed by atoms with Crippen LogP contribution in [-0.2, 0) is 16.5 Å². The van der Waals surface area contributed by atoms with E-state index in [0.29, 0.717) is 16.6 Å². The van der Waals surface area contributed by atoms with E-state index in [9.17, 15) is 9.18 Å². The summed E-state index contributed by atoms with van der Waals surface area (Å²) in [6.45, 7) is 0. The highest BCUT2D eigenvalue weighted by Crippen LogP contribution is 2.25. The summed E-state index contributed by atoms with van der Waals surface area (Å²) < 4.78 is 13.6. The van der Waals surface area contributed by atoms with Crippen LogP contribution in [0.5, 0.6) is 0 Å². The van der Waals surface area contributed by atoms with Crippen LogP contribution in [-0.4, -0.2) is 16.1 Å². The highest BCUT2D eigenvalue weighted by atomic mass is 79.9. The van der Waals surface area contributed by atoms with Gasteiger partial charge in [-0.05, 0) is 23.8 Å². The van der Waals surface area contributed by atoms with Gasteiger partial charge in [-0.3, -0.25) is 9.89 Å². The molecule has 2 N–H and O–H groups in total. The van der Waals surface area contributed by atoms with Crippen LogP contribution >= 0.6 is 15.9 Å². The van der Waals surface area contributed by atoms with Gasteiger partial charge < -0.3 is 5.32 Å². The van der Waals surface area contributed by atoms with Crippen molar-refractivity contribution in [1.29, 1.82) is 0 Å². The van der Waals surface area contributed by atoms with E-state index in [4.69, 9.17) is 0 Å². The molecular weight excluding hydrogens is 373 g/mol. The molecule has 0 radical (unpaired) electrons. The summed E-state index contributed by atoms with van der Waals surface area (Å²) in [6.07, 6.45) is 1.82. The van der Waals surface area contributed by atoms with E-state index in [-0.39, 0.29) is 18.1 Å². The number of rotatable bonds is 5. The molecule has 6 heteroatoms. The molecule has 0 bridgehead atoms. The number of carbonyl (C=O) groups excluding carboxylic acids is 1. The number of nitrogens with zero attached hydrogens (tertiary/aromatic N) is 1. The first-order valence-corrected chi connectivity index (χ1v) is 8.52. The van der Waals surface area contributed by atoms with Gasteiger partial charge in [0.05, 0.1) is 12.1 Å². The fraction of sp³-hybridized carbons (Fsp3) is 0.111. The van der Waals surface area contributed by atoms with E-state index in [1.165, 1.54) is 6.07 Å². The molecule has 0 unspecified atom stereocenters. The Hall–Kier alpha value is -2.47. The second-order valence-electron chi connectivity index (χ2n) is 5.29. The van der Waals surface area contributed by atoms with E-state index in [1.54, 1.807) is 24.3 Å². The summed E-state index contributed by atoms with van der Waals surface area (Å²) in [6, 6.07) is 13.7. The van der Waals surface area contributed by atoms with Crippen molar-refractivity contribution in [2.75, 3.05) is 5.32 Å². The Kier molecular flexibility index (Phi) is 5.05. The van der Waals surface area contributed by atoms with Gasteiger partial charge in [-0.25, -0.2) is 4.39 Å². The number of hydrogen-bond donors (Lipinski definition) is 2. The topological polar surface area (TPSA) is 57.8 Å². The molecule has 2 aromatic carbocycles. The summed E-state index contributed by atoms with van der Waals surface area (Å²) in [7, 11) is 0. The second kappa shape index (κ2) is 7.40. The predicted octanol–water partition coefficient (Wildman–Crippen LogP) is 4.29. The van der Waals surface area contributed by atoms with E-state index >= 15 is 0 Å². The van der Waals surface area contributed by atoms with Gasteiger partial charge in [0.25, 0.3) is 0 Å². The molecule has 122 valence electrons. The fourth-order valence-corrected chi connectivity index (χ4v) is 2.86. The molecule has 1 amide bonds. The smallest absolute Gasteiger partial charge is 0.228 e. The molecule has 0 aliphatic rings. The number of amides is 1. The molecule has 24 heavy (non-hydrogen) atoms. The van der Waals surface area contributed by atoms with Crippen LogP contribution < -0.4 is 5.32 Å². The van der Waals surface area contributed by atoms with Crippen molar-refractivity contribution in [3.63, 3.8) is 0 Å². The number of halogens is 2. The third-order valence-electron chi connectivity index (χ3n) is 3.59. The highest BCUT2D eigenvalue weighted by Gasteiger charge is 2.11. The third kappa shape index (κ3) is 3.71. The molecule has 0 aliphatic heterocycles. The van der Waals surface area contributed by atoms with Gasteiger partial charge in [0.15, 0.2) is 0 Å². The number of nitrogens with one attached hydrogen (secondary N) is 2. The molecule has 3 aromatic rings. The lowest BCUT2D eigenvalue weighted by Gasteiger charge is -2.08. The summed E-state index contributed by atoms with van der Waals surface area (Å²) in [5, 5.41) is 10.6. The van der Waals surface area contributed by atoms with Gasteiger partial charge in [0.1, 0.15) is 5.82 Å². The minimum Gasteiger partial charge on any atom is -0.326 e. The zero-order valence-electron chi connectivity index (χ0n) is 12.7. The van der Waals surface area contributed by atoms with Crippen molar-refractivity contribution in [3.05, 3.63) is 71.7 Å². The predicted molar refractivity (Wildman–Crippen MR) is 95.4 cm³/mol. The number of alkyl halides is 1. The minimum absolute atomic E-state index is 0.00798. The first kappa shape index (κ1) is 16.4. The number of aromatic amines is 1. The lowest BCUT2D eigenvalue weighted by atomic mass is 10.1. The first-order valence-electron chi connectivity index (χ1n) is 7.39. The molecule has 0 aliphatic carbocycles. The molecule has 0 atom stereocenters. The van der Waals surface area contributed by atoms with Crippen molar-refractivity contribution in [1.82, 2.24) is 10.2 Å². The quantitative estimate of drug-likeness (QED) is 0.641. The molecule has 1 heterocycles. The fourth-order valence-electron chi connectivity index (χ4n) is 2.43. The second-order valence-corrected chi connectivity index (χ2v) is 5.85. The molecule has 0 spiro atoms. The van der Waals surface area contributed by atoms with E-state index < -0.39 is 0 Å². The Morgan fingerprint density at radius 1 is 1.17 bits per heavy atom. The zero-order chi connectivity index (χ0) is 16.9. The van der Waals surface area contributed by atoms with Gasteiger partial charge >= 0.3 is 0 Å². The Bertz CT molecular complexity index is 863. The molecule has 4 nitrogen and oxygen atoms in total. The van der Waals surface area contributed by atoms with Crippen LogP contribution in [0.1, 0.15) is 11.1 Å². The first-order chi connectivity index (χ1) is 11.7. The summed E-state index contributed by atoms with van der Waals surface area (Å²) in [5.74, 6) is -0.639. The van der Waals surface area contributed by atoms with Gasteiger partial charge in [0.2, 0.25) is 5.91 Å². The lowest BCUT2D eigenvalue weighted by molar-refractivity contribution is -0.115. The number of carbonyl (C=O) groups is 1. The van der Waals surface area contributed by atoms with Crippen LogP contribution in [0, 0.1) is 5.82 Å². The molecule has 0 saturated carbocycles. The Morgan fingerprint density at radius 3 is 2.79 bits per heavy atom. The zero-order valence-corrected chi connectivity index (χ0v) is 14.3.